The highest BCUT2D eigenvalue weighted by Gasteiger charge is 2.39. The zero-order chi connectivity index (χ0) is 15.8. The Morgan fingerprint density at radius 1 is 1.33 bits per heavy atom. The molecule has 0 aliphatic rings. The van der Waals surface area contributed by atoms with Gasteiger partial charge in [-0.15, -0.1) is 5.10 Å². The highest BCUT2D eigenvalue weighted by Crippen LogP contribution is 2.20. The molecule has 0 aromatic carbocycles. The first-order valence-corrected chi connectivity index (χ1v) is 5.43. The van der Waals surface area contributed by atoms with Gasteiger partial charge in [-0.25, -0.2) is 9.31 Å². The van der Waals surface area contributed by atoms with Crippen LogP contribution in [0.2, 0.25) is 0 Å². The van der Waals surface area contributed by atoms with Gasteiger partial charge in [0.25, 0.3) is 0 Å². The molecule has 11 heteroatoms. The fraction of sp³-hybridized carbons (Fsp3) is 0.200. The zero-order valence-electron chi connectivity index (χ0n) is 10.4. The predicted octanol–water partition coefficient (Wildman–Crippen LogP) is 0.970. The third-order valence-corrected chi connectivity index (χ3v) is 2.46. The Morgan fingerprint density at radius 2 is 2.00 bits per heavy atom. The maximum atomic E-state index is 12.2. The summed E-state index contributed by atoms with van der Waals surface area (Å²) in [6.07, 6.45) is -5.10. The Balaban J connectivity index is 2.51. The number of carbonyl (C=O) groups excluding carboxylic acids is 1. The van der Waals surface area contributed by atoms with Crippen LogP contribution in [0.15, 0.2) is 12.1 Å². The van der Waals surface area contributed by atoms with E-state index in [9.17, 15) is 22.8 Å². The van der Waals surface area contributed by atoms with Crippen LogP contribution < -0.4 is 10.6 Å². The van der Waals surface area contributed by atoms with Gasteiger partial charge in [-0.3, -0.25) is 10.1 Å². The van der Waals surface area contributed by atoms with E-state index in [1.807, 2.05) is 0 Å². The summed E-state index contributed by atoms with van der Waals surface area (Å²) >= 11 is 0. The smallest absolute Gasteiger partial charge is 0.471 e. The molecule has 8 nitrogen and oxygen atoms in total. The number of nitrogens with zero attached hydrogens (tertiary/aromatic N) is 3. The summed E-state index contributed by atoms with van der Waals surface area (Å²) in [5, 5.41) is 16.7. The van der Waals surface area contributed by atoms with Crippen LogP contribution in [-0.4, -0.2) is 44.8 Å². The maximum absolute atomic E-state index is 12.2. The van der Waals surface area contributed by atoms with Crippen LogP contribution in [-0.2, 0) is 4.79 Å². The van der Waals surface area contributed by atoms with Crippen LogP contribution in [0.5, 0.6) is 0 Å². The second-order valence-corrected chi connectivity index (χ2v) is 3.81. The van der Waals surface area contributed by atoms with Gasteiger partial charge in [-0.1, -0.05) is 0 Å². The number of aromatic carboxylic acids is 1. The van der Waals surface area contributed by atoms with Gasteiger partial charge in [-0.2, -0.15) is 18.2 Å². The molecule has 2 aromatic heterocycles. The van der Waals surface area contributed by atoms with Crippen molar-refractivity contribution in [3.63, 3.8) is 0 Å². The van der Waals surface area contributed by atoms with E-state index >= 15 is 0 Å². The summed E-state index contributed by atoms with van der Waals surface area (Å²) in [6.45, 7) is 0. The first-order chi connectivity index (χ1) is 9.74. The Bertz CT molecular complexity index is 725. The number of hydrogen-bond acceptors (Lipinski definition) is 5. The van der Waals surface area contributed by atoms with Crippen LogP contribution in [0.25, 0.3) is 5.65 Å². The van der Waals surface area contributed by atoms with Crippen molar-refractivity contribution < 1.29 is 27.9 Å². The molecule has 2 heterocycles. The molecule has 0 aliphatic carbocycles. The van der Waals surface area contributed by atoms with Crippen molar-refractivity contribution in [1.82, 2.24) is 14.6 Å². The van der Waals surface area contributed by atoms with Gasteiger partial charge in [0, 0.05) is 7.05 Å². The van der Waals surface area contributed by atoms with E-state index in [1.165, 1.54) is 24.5 Å². The lowest BCUT2D eigenvalue weighted by Crippen LogP contribution is -2.30. The number of anilines is 2. The average molecular weight is 303 g/mol. The molecule has 0 spiro atoms. The Morgan fingerprint density at radius 3 is 2.52 bits per heavy atom. The topological polar surface area (TPSA) is 109 Å². The van der Waals surface area contributed by atoms with Crippen LogP contribution in [0.1, 0.15) is 10.5 Å². The van der Waals surface area contributed by atoms with Gasteiger partial charge >= 0.3 is 18.1 Å². The maximum Gasteiger partial charge on any atom is 0.471 e. The third-order valence-electron chi connectivity index (χ3n) is 2.46. The molecule has 0 saturated carbocycles. The summed E-state index contributed by atoms with van der Waals surface area (Å²) in [6, 6.07) is 2.58. The number of halogens is 3. The van der Waals surface area contributed by atoms with E-state index in [0.29, 0.717) is 5.69 Å². The summed E-state index contributed by atoms with van der Waals surface area (Å²) in [7, 11) is 1.51. The lowest BCUT2D eigenvalue weighted by atomic mass is 10.3. The van der Waals surface area contributed by atoms with Gasteiger partial charge in [-0.05, 0) is 12.1 Å². The number of amides is 1. The Kier molecular flexibility index (Phi) is 3.41. The number of pyridine rings is 1. The Labute approximate surface area is 114 Å². The van der Waals surface area contributed by atoms with Crippen molar-refractivity contribution in [2.45, 2.75) is 6.18 Å². The molecule has 0 saturated heterocycles. The molecule has 1 amide bonds. The molecule has 2 aromatic rings. The zero-order valence-corrected chi connectivity index (χ0v) is 10.4. The number of alkyl halides is 3. The molecule has 21 heavy (non-hydrogen) atoms. The number of carboxylic acid groups (broad SMARTS) is 1. The number of carbonyl (C=O) groups is 2. The van der Waals surface area contributed by atoms with Crippen LogP contribution in [0.3, 0.4) is 0 Å². The summed E-state index contributed by atoms with van der Waals surface area (Å²) < 4.78 is 37.3. The van der Waals surface area contributed by atoms with E-state index in [0.717, 1.165) is 4.52 Å². The molecule has 2 rings (SSSR count). The minimum absolute atomic E-state index is 0.0325. The van der Waals surface area contributed by atoms with Crippen molar-refractivity contribution in [1.29, 1.82) is 0 Å². The van der Waals surface area contributed by atoms with Crippen molar-refractivity contribution in [3.8, 4) is 0 Å². The number of hydrogen-bond donors (Lipinski definition) is 3. The monoisotopic (exact) mass is 303 g/mol. The van der Waals surface area contributed by atoms with Crippen LogP contribution in [0.4, 0.5) is 24.8 Å². The highest BCUT2D eigenvalue weighted by molar-refractivity contribution is 5.94. The lowest BCUT2D eigenvalue weighted by Gasteiger charge is -2.03. The number of rotatable bonds is 3. The first kappa shape index (κ1) is 14.6. The van der Waals surface area contributed by atoms with E-state index in [1.54, 1.807) is 0 Å². The molecule has 112 valence electrons. The molecular formula is C10H8F3N5O3. The molecule has 0 radical (unpaired) electrons. The standard InChI is InChI=1S/C10H8F3N5O3/c1-14-4-2-3-5(7(19)20)18-6(4)15-9(17-18)16-8(21)10(11,12)13/h2-3,14H,1H3,(H,19,20)(H,16,17,21). The average Bonchev–Trinajstić information content (AvgIpc) is 2.79. The number of fused-ring (bicyclic) bond motifs is 1. The summed E-state index contributed by atoms with van der Waals surface area (Å²) in [5.74, 6) is -4.25. The van der Waals surface area contributed by atoms with E-state index in [-0.39, 0.29) is 11.3 Å². The fourth-order valence-corrected chi connectivity index (χ4v) is 1.54. The van der Waals surface area contributed by atoms with E-state index < -0.39 is 24.0 Å². The summed E-state index contributed by atoms with van der Waals surface area (Å²) in [4.78, 5) is 25.5. The lowest BCUT2D eigenvalue weighted by molar-refractivity contribution is -0.167. The normalized spacial score (nSPS) is 11.4. The second kappa shape index (κ2) is 4.92. The van der Waals surface area contributed by atoms with E-state index in [2.05, 4.69) is 15.4 Å². The van der Waals surface area contributed by atoms with Crippen LogP contribution in [0, 0.1) is 0 Å². The highest BCUT2D eigenvalue weighted by atomic mass is 19.4. The van der Waals surface area contributed by atoms with Crippen LogP contribution >= 0.6 is 0 Å². The van der Waals surface area contributed by atoms with Gasteiger partial charge in [0.2, 0.25) is 5.95 Å². The molecule has 0 bridgehead atoms. The van der Waals surface area contributed by atoms with Gasteiger partial charge < -0.3 is 10.4 Å². The number of carboxylic acids is 1. The predicted molar refractivity (Wildman–Crippen MR) is 64.2 cm³/mol. The number of nitrogens with one attached hydrogen (secondary N) is 2. The Hall–Kier alpha value is -2.85. The minimum atomic E-state index is -5.10. The third kappa shape index (κ3) is 2.70. The van der Waals surface area contributed by atoms with Crippen molar-refractivity contribution in [2.24, 2.45) is 0 Å². The van der Waals surface area contributed by atoms with Gasteiger partial charge in [0.15, 0.2) is 11.3 Å². The molecule has 3 N–H and O–H groups in total. The molecule has 0 aliphatic heterocycles. The first-order valence-electron chi connectivity index (χ1n) is 5.43. The summed E-state index contributed by atoms with van der Waals surface area (Å²) in [5.41, 5.74) is -0.0149. The second-order valence-electron chi connectivity index (χ2n) is 3.81. The van der Waals surface area contributed by atoms with Gasteiger partial charge in [0.1, 0.15) is 0 Å². The van der Waals surface area contributed by atoms with E-state index in [4.69, 9.17) is 5.11 Å². The quantitative estimate of drug-likeness (QED) is 0.779. The molecule has 0 atom stereocenters. The van der Waals surface area contributed by atoms with Crippen molar-refractivity contribution in [2.75, 3.05) is 17.7 Å². The number of aromatic nitrogens is 3. The molecule has 0 fully saturated rings. The minimum Gasteiger partial charge on any atom is -0.477 e. The van der Waals surface area contributed by atoms with Gasteiger partial charge in [0.05, 0.1) is 5.69 Å². The largest absolute Gasteiger partial charge is 0.477 e. The van der Waals surface area contributed by atoms with Crippen molar-refractivity contribution >= 4 is 29.2 Å². The fourth-order valence-electron chi connectivity index (χ4n) is 1.54. The molecular weight excluding hydrogens is 295 g/mol. The SMILES string of the molecule is CNc1ccc(C(=O)O)n2nc(NC(=O)C(F)(F)F)nc12. The molecule has 0 unspecified atom stereocenters. The van der Waals surface area contributed by atoms with Crippen molar-refractivity contribution in [3.05, 3.63) is 17.8 Å².